The first-order valence-corrected chi connectivity index (χ1v) is 10.7. The Kier molecular flexibility index (Phi) is 11.2. The number of nitrogens with zero attached hydrogens (tertiary/aromatic N) is 1. The third kappa shape index (κ3) is 9.68. The summed E-state index contributed by atoms with van der Waals surface area (Å²) in [5.74, 6) is -0.897. The maximum atomic E-state index is 11.0. The number of hydrogen-bond acceptors (Lipinski definition) is 5. The summed E-state index contributed by atoms with van der Waals surface area (Å²) in [4.78, 5) is 13.1. The molecule has 0 aromatic heterocycles. The molecule has 0 radical (unpaired) electrons. The number of aliphatic hydroxyl groups is 3. The van der Waals surface area contributed by atoms with Crippen LogP contribution in [-0.4, -0.2) is 68.2 Å². The number of carboxylic acid groups (broad SMARTS) is 1. The summed E-state index contributed by atoms with van der Waals surface area (Å²) in [6.45, 7) is 13.8. The lowest BCUT2D eigenvalue weighted by Gasteiger charge is -2.39. The highest BCUT2D eigenvalue weighted by Gasteiger charge is 2.36. The Balaban J connectivity index is 4.68. The van der Waals surface area contributed by atoms with Gasteiger partial charge >= 0.3 is 5.97 Å². The second-order valence-corrected chi connectivity index (χ2v) is 9.82. The van der Waals surface area contributed by atoms with Crippen LogP contribution in [0.3, 0.4) is 0 Å². The Bertz CT molecular complexity index is 466. The first-order chi connectivity index (χ1) is 12.6. The lowest BCUT2D eigenvalue weighted by atomic mass is 9.82. The fourth-order valence-electron chi connectivity index (χ4n) is 4.51. The van der Waals surface area contributed by atoms with Gasteiger partial charge in [0.15, 0.2) is 0 Å². The second-order valence-electron chi connectivity index (χ2n) is 9.82. The molecule has 0 heterocycles. The Morgan fingerprint density at radius 1 is 1.04 bits per heavy atom. The molecule has 0 fully saturated rings. The van der Waals surface area contributed by atoms with E-state index in [0.29, 0.717) is 32.2 Å². The predicted molar refractivity (Wildman–Crippen MR) is 113 cm³/mol. The van der Waals surface area contributed by atoms with Crippen LogP contribution < -0.4 is 0 Å². The molecule has 0 amide bonds. The summed E-state index contributed by atoms with van der Waals surface area (Å²) >= 11 is 0. The monoisotopic (exact) mass is 403 g/mol. The molecular weight excluding hydrogens is 358 g/mol. The standard InChI is InChI=1S/C22H45NO5/c1-9-10-22(7,28)19(24)18(5)23(8)14-16(3)13-21(6,27)12-15(2)11-17(4)20(25)26/h15-19,24,27-28H,9-14H2,1-8H3,(H,25,26)/t15-,16+,17+,18+,19+,21-,22+/m0/s1. The number of carbonyl (C=O) groups is 1. The second kappa shape index (κ2) is 11.5. The number of rotatable bonds is 14. The number of hydrogen-bond donors (Lipinski definition) is 4. The maximum Gasteiger partial charge on any atom is 0.306 e. The quantitative estimate of drug-likeness (QED) is 0.355. The van der Waals surface area contributed by atoms with Crippen molar-refractivity contribution < 1.29 is 25.2 Å². The number of likely N-dealkylation sites (N-methyl/N-ethyl adjacent to an activating group) is 1. The summed E-state index contributed by atoms with van der Waals surface area (Å²) < 4.78 is 0. The zero-order valence-corrected chi connectivity index (χ0v) is 19.3. The Morgan fingerprint density at radius 2 is 1.54 bits per heavy atom. The van der Waals surface area contributed by atoms with Gasteiger partial charge in [0.05, 0.1) is 23.2 Å². The minimum Gasteiger partial charge on any atom is -0.481 e. The lowest BCUT2D eigenvalue weighted by molar-refractivity contribution is -0.141. The molecule has 0 rings (SSSR count). The van der Waals surface area contributed by atoms with Crippen molar-refractivity contribution in [1.29, 1.82) is 0 Å². The fourth-order valence-corrected chi connectivity index (χ4v) is 4.51. The molecule has 0 aromatic rings. The van der Waals surface area contributed by atoms with Gasteiger partial charge in [-0.25, -0.2) is 0 Å². The molecule has 0 aliphatic carbocycles. The van der Waals surface area contributed by atoms with E-state index < -0.39 is 29.2 Å². The summed E-state index contributed by atoms with van der Waals surface area (Å²) in [7, 11) is 1.93. The van der Waals surface area contributed by atoms with Crippen LogP contribution in [0.25, 0.3) is 0 Å². The van der Waals surface area contributed by atoms with Crippen LogP contribution in [0.1, 0.15) is 80.6 Å². The molecule has 0 unspecified atom stereocenters. The van der Waals surface area contributed by atoms with Crippen molar-refractivity contribution in [2.24, 2.45) is 17.8 Å². The summed E-state index contributed by atoms with van der Waals surface area (Å²) in [5, 5.41) is 40.9. The number of aliphatic carboxylic acids is 1. The van der Waals surface area contributed by atoms with Gasteiger partial charge in [0.1, 0.15) is 0 Å². The zero-order chi connectivity index (χ0) is 22.3. The maximum absolute atomic E-state index is 11.0. The molecule has 6 nitrogen and oxygen atoms in total. The molecule has 0 bridgehead atoms. The fraction of sp³-hybridized carbons (Fsp3) is 0.955. The Labute approximate surface area is 172 Å². The van der Waals surface area contributed by atoms with Gasteiger partial charge in [-0.1, -0.05) is 34.1 Å². The van der Waals surface area contributed by atoms with E-state index in [0.717, 1.165) is 6.42 Å². The van der Waals surface area contributed by atoms with E-state index in [4.69, 9.17) is 5.11 Å². The number of carboxylic acids is 1. The van der Waals surface area contributed by atoms with Gasteiger partial charge in [-0.05, 0) is 65.3 Å². The molecule has 0 aliphatic heterocycles. The molecule has 7 atom stereocenters. The normalized spacial score (nSPS) is 22.0. The van der Waals surface area contributed by atoms with E-state index in [1.54, 1.807) is 13.8 Å². The van der Waals surface area contributed by atoms with E-state index >= 15 is 0 Å². The smallest absolute Gasteiger partial charge is 0.306 e. The Morgan fingerprint density at radius 3 is 2.00 bits per heavy atom. The molecule has 168 valence electrons. The minimum atomic E-state index is -1.12. The van der Waals surface area contributed by atoms with Crippen LogP contribution in [0.5, 0.6) is 0 Å². The van der Waals surface area contributed by atoms with E-state index in [1.165, 1.54) is 0 Å². The zero-order valence-electron chi connectivity index (χ0n) is 19.3. The molecule has 0 spiro atoms. The van der Waals surface area contributed by atoms with Crippen molar-refractivity contribution >= 4 is 5.97 Å². The molecule has 0 saturated carbocycles. The van der Waals surface area contributed by atoms with Crippen LogP contribution in [-0.2, 0) is 4.79 Å². The van der Waals surface area contributed by atoms with E-state index in [-0.39, 0.29) is 17.9 Å². The first-order valence-electron chi connectivity index (χ1n) is 10.7. The average Bonchev–Trinajstić information content (AvgIpc) is 2.51. The van der Waals surface area contributed by atoms with Gasteiger partial charge in [0.2, 0.25) is 0 Å². The van der Waals surface area contributed by atoms with Crippen LogP contribution in [0.4, 0.5) is 0 Å². The predicted octanol–water partition coefficient (Wildman–Crippen LogP) is 3.13. The third-order valence-corrected chi connectivity index (χ3v) is 5.90. The molecule has 0 saturated heterocycles. The highest BCUT2D eigenvalue weighted by molar-refractivity contribution is 5.69. The Hall–Kier alpha value is -0.690. The third-order valence-electron chi connectivity index (χ3n) is 5.90. The lowest BCUT2D eigenvalue weighted by Crippen LogP contribution is -2.52. The minimum absolute atomic E-state index is 0.121. The van der Waals surface area contributed by atoms with Crippen molar-refractivity contribution in [3.63, 3.8) is 0 Å². The topological polar surface area (TPSA) is 101 Å². The highest BCUT2D eigenvalue weighted by Crippen LogP contribution is 2.29. The SMILES string of the molecule is CCC[C@@](C)(O)[C@H](O)[C@@H](C)N(C)C[C@H](C)C[C@@](C)(O)C[C@@H](C)C[C@@H](C)C(=O)O. The van der Waals surface area contributed by atoms with E-state index in [9.17, 15) is 20.1 Å². The molecule has 28 heavy (non-hydrogen) atoms. The van der Waals surface area contributed by atoms with Gasteiger partial charge < -0.3 is 25.3 Å². The molecule has 4 N–H and O–H groups in total. The summed E-state index contributed by atoms with van der Waals surface area (Å²) in [6, 6.07) is -0.204. The largest absolute Gasteiger partial charge is 0.481 e. The van der Waals surface area contributed by atoms with Crippen molar-refractivity contribution in [2.45, 2.75) is 104 Å². The molecule has 0 aliphatic rings. The van der Waals surface area contributed by atoms with Gasteiger partial charge in [0.25, 0.3) is 0 Å². The highest BCUT2D eigenvalue weighted by atomic mass is 16.4. The van der Waals surface area contributed by atoms with Crippen molar-refractivity contribution in [3.8, 4) is 0 Å². The van der Waals surface area contributed by atoms with Crippen molar-refractivity contribution in [1.82, 2.24) is 4.90 Å². The van der Waals surface area contributed by atoms with Crippen LogP contribution in [0.15, 0.2) is 0 Å². The van der Waals surface area contributed by atoms with Crippen LogP contribution in [0.2, 0.25) is 0 Å². The molecule has 6 heteroatoms. The van der Waals surface area contributed by atoms with E-state index in [1.807, 2.05) is 39.6 Å². The van der Waals surface area contributed by atoms with Gasteiger partial charge in [0, 0.05) is 12.6 Å². The van der Waals surface area contributed by atoms with Crippen molar-refractivity contribution in [3.05, 3.63) is 0 Å². The van der Waals surface area contributed by atoms with Gasteiger partial charge in [-0.2, -0.15) is 0 Å². The molecule has 0 aromatic carbocycles. The van der Waals surface area contributed by atoms with Gasteiger partial charge in [-0.3, -0.25) is 4.79 Å². The van der Waals surface area contributed by atoms with Crippen molar-refractivity contribution in [2.75, 3.05) is 13.6 Å². The first kappa shape index (κ1) is 27.3. The van der Waals surface area contributed by atoms with Gasteiger partial charge in [-0.15, -0.1) is 0 Å². The van der Waals surface area contributed by atoms with E-state index in [2.05, 4.69) is 6.92 Å². The molecular formula is C22H45NO5. The summed E-state index contributed by atoms with van der Waals surface area (Å²) in [5.41, 5.74) is -1.99. The average molecular weight is 404 g/mol. The van der Waals surface area contributed by atoms with Crippen LogP contribution >= 0.6 is 0 Å². The summed E-state index contributed by atoms with van der Waals surface area (Å²) in [6.07, 6.45) is 2.21. The van der Waals surface area contributed by atoms with Crippen LogP contribution in [0, 0.1) is 17.8 Å². The number of aliphatic hydroxyl groups excluding tert-OH is 1.